The van der Waals surface area contributed by atoms with Gasteiger partial charge in [0.1, 0.15) is 5.67 Å². The smallest absolute Gasteiger partial charge is 0.151 e. The molecule has 0 aliphatic rings. The Kier molecular flexibility index (Phi) is 5.36. The normalized spacial score (nSPS) is 11.5. The Morgan fingerprint density at radius 1 is 1.11 bits per heavy atom. The molecule has 0 unspecified atom stereocenters. The average Bonchev–Trinajstić information content (AvgIpc) is 2.88. The summed E-state index contributed by atoms with van der Waals surface area (Å²) in [5, 5.41) is 7.97. The van der Waals surface area contributed by atoms with Gasteiger partial charge in [-0.15, -0.1) is 0 Å². The number of ketones is 1. The number of carbonyl (C=O) groups excluding carboxylic acids is 1. The fraction of sp³-hybridized carbons (Fsp3) is 0.304. The van der Waals surface area contributed by atoms with Gasteiger partial charge in [0.25, 0.3) is 0 Å². The van der Waals surface area contributed by atoms with Gasteiger partial charge >= 0.3 is 0 Å². The van der Waals surface area contributed by atoms with Crippen molar-refractivity contribution in [1.82, 2.24) is 9.78 Å². The van der Waals surface area contributed by atoms with E-state index in [0.717, 1.165) is 33.9 Å². The second-order valence-electron chi connectivity index (χ2n) is 7.63. The molecule has 0 fully saturated rings. The maximum Gasteiger partial charge on any atom is 0.151 e. The molecule has 3 rings (SSSR count). The Bertz CT molecular complexity index is 998. The monoisotopic (exact) mass is 379 g/mol. The molecule has 0 amide bonds. The molecule has 0 aliphatic heterocycles. The van der Waals surface area contributed by atoms with Crippen molar-refractivity contribution in [2.45, 2.75) is 46.8 Å². The summed E-state index contributed by atoms with van der Waals surface area (Å²) in [6.45, 7) is 8.86. The van der Waals surface area contributed by atoms with Gasteiger partial charge in [-0.05, 0) is 58.4 Å². The van der Waals surface area contributed by atoms with Crippen LogP contribution in [0.2, 0.25) is 0 Å². The molecule has 146 valence electrons. The maximum atomic E-state index is 14.1. The SMILES string of the molecule is CC(=O)Cn1nc(C)c(-c2ccccc2Nc2ccc(C(C)(C)F)cc2)c1C. The lowest BCUT2D eigenvalue weighted by atomic mass is 9.99. The predicted octanol–water partition coefficient (Wildman–Crippen LogP) is 5.70. The lowest BCUT2D eigenvalue weighted by molar-refractivity contribution is -0.117. The van der Waals surface area contributed by atoms with Crippen molar-refractivity contribution < 1.29 is 9.18 Å². The van der Waals surface area contributed by atoms with E-state index in [2.05, 4.69) is 10.4 Å². The minimum absolute atomic E-state index is 0.0689. The van der Waals surface area contributed by atoms with E-state index in [9.17, 15) is 9.18 Å². The van der Waals surface area contributed by atoms with Crippen LogP contribution in [0.4, 0.5) is 15.8 Å². The van der Waals surface area contributed by atoms with Crippen LogP contribution in [-0.2, 0) is 17.0 Å². The predicted molar refractivity (Wildman–Crippen MR) is 112 cm³/mol. The number of hydrogen-bond donors (Lipinski definition) is 1. The number of benzene rings is 2. The van der Waals surface area contributed by atoms with Gasteiger partial charge in [-0.1, -0.05) is 30.3 Å². The molecular formula is C23H26FN3O. The molecule has 1 aromatic heterocycles. The van der Waals surface area contributed by atoms with E-state index in [-0.39, 0.29) is 12.3 Å². The lowest BCUT2D eigenvalue weighted by Crippen LogP contribution is -2.09. The van der Waals surface area contributed by atoms with E-state index in [0.29, 0.717) is 5.56 Å². The van der Waals surface area contributed by atoms with Crippen LogP contribution in [0.5, 0.6) is 0 Å². The van der Waals surface area contributed by atoms with Gasteiger partial charge in [0.05, 0.1) is 12.2 Å². The standard InChI is InChI=1S/C23H26FN3O/c1-15(28)14-27-17(3)22(16(2)26-27)20-8-6-7-9-21(20)25-19-12-10-18(11-13-19)23(4,5)24/h6-13,25H,14H2,1-5H3. The molecule has 1 N–H and O–H groups in total. The largest absolute Gasteiger partial charge is 0.355 e. The molecule has 0 radical (unpaired) electrons. The quantitative estimate of drug-likeness (QED) is 0.597. The Morgan fingerprint density at radius 3 is 2.36 bits per heavy atom. The van der Waals surface area contributed by atoms with Crippen LogP contribution < -0.4 is 5.32 Å². The van der Waals surface area contributed by atoms with Crippen LogP contribution in [0.25, 0.3) is 11.1 Å². The summed E-state index contributed by atoms with van der Waals surface area (Å²) in [5.74, 6) is 0.0689. The molecule has 5 heteroatoms. The summed E-state index contributed by atoms with van der Waals surface area (Å²) in [7, 11) is 0. The number of aromatic nitrogens is 2. The van der Waals surface area contributed by atoms with Gasteiger partial charge in [-0.3, -0.25) is 9.48 Å². The van der Waals surface area contributed by atoms with E-state index in [4.69, 9.17) is 0 Å². The third-order valence-electron chi connectivity index (χ3n) is 4.80. The number of Topliss-reactive ketones (excluding diaryl/α,β-unsaturated/α-hetero) is 1. The minimum Gasteiger partial charge on any atom is -0.355 e. The average molecular weight is 379 g/mol. The molecule has 0 saturated heterocycles. The van der Waals surface area contributed by atoms with Crippen molar-refractivity contribution in [3.63, 3.8) is 0 Å². The highest BCUT2D eigenvalue weighted by Gasteiger charge is 2.19. The summed E-state index contributed by atoms with van der Waals surface area (Å²) in [6.07, 6.45) is 0. The topological polar surface area (TPSA) is 46.9 Å². The van der Waals surface area contributed by atoms with E-state index in [1.807, 2.05) is 50.2 Å². The molecule has 4 nitrogen and oxygen atoms in total. The molecule has 28 heavy (non-hydrogen) atoms. The molecule has 2 aromatic carbocycles. The first-order valence-electron chi connectivity index (χ1n) is 9.36. The van der Waals surface area contributed by atoms with Gasteiger partial charge < -0.3 is 5.32 Å². The number of para-hydroxylation sites is 1. The summed E-state index contributed by atoms with van der Waals surface area (Å²) >= 11 is 0. The van der Waals surface area contributed by atoms with Crippen LogP contribution in [0.3, 0.4) is 0 Å². The summed E-state index contributed by atoms with van der Waals surface area (Å²) in [6, 6.07) is 15.4. The van der Waals surface area contributed by atoms with Crippen LogP contribution in [0, 0.1) is 13.8 Å². The Labute approximate surface area is 165 Å². The number of rotatable bonds is 6. The van der Waals surface area contributed by atoms with Gasteiger partial charge in [0, 0.05) is 28.2 Å². The second kappa shape index (κ2) is 7.58. The lowest BCUT2D eigenvalue weighted by Gasteiger charge is -2.16. The van der Waals surface area contributed by atoms with Crippen LogP contribution in [0.15, 0.2) is 48.5 Å². The maximum absolute atomic E-state index is 14.1. The number of carbonyl (C=O) groups is 1. The Hall–Kier alpha value is -2.95. The third kappa shape index (κ3) is 4.14. The van der Waals surface area contributed by atoms with Crippen molar-refractivity contribution in [1.29, 1.82) is 0 Å². The number of hydrogen-bond acceptors (Lipinski definition) is 3. The third-order valence-corrected chi connectivity index (χ3v) is 4.80. The molecule has 0 bridgehead atoms. The van der Waals surface area contributed by atoms with Gasteiger partial charge in [-0.25, -0.2) is 4.39 Å². The van der Waals surface area contributed by atoms with E-state index >= 15 is 0 Å². The fourth-order valence-corrected chi connectivity index (χ4v) is 3.37. The summed E-state index contributed by atoms with van der Waals surface area (Å²) in [4.78, 5) is 11.5. The van der Waals surface area contributed by atoms with E-state index in [1.165, 1.54) is 0 Å². The molecule has 0 spiro atoms. The van der Waals surface area contributed by atoms with E-state index in [1.54, 1.807) is 37.6 Å². The first-order valence-corrected chi connectivity index (χ1v) is 9.36. The second-order valence-corrected chi connectivity index (χ2v) is 7.63. The number of anilines is 2. The van der Waals surface area contributed by atoms with Crippen molar-refractivity contribution in [2.24, 2.45) is 0 Å². The molecule has 0 atom stereocenters. The number of nitrogens with one attached hydrogen (secondary N) is 1. The zero-order valence-corrected chi connectivity index (χ0v) is 17.0. The van der Waals surface area contributed by atoms with Gasteiger partial charge in [0.2, 0.25) is 0 Å². The first kappa shape index (κ1) is 19.8. The number of alkyl halides is 1. The number of halogens is 1. The highest BCUT2D eigenvalue weighted by atomic mass is 19.1. The van der Waals surface area contributed by atoms with Gasteiger partial charge in [0.15, 0.2) is 5.78 Å². The van der Waals surface area contributed by atoms with Crippen molar-refractivity contribution in [3.05, 3.63) is 65.5 Å². The van der Waals surface area contributed by atoms with Crippen molar-refractivity contribution in [3.8, 4) is 11.1 Å². The highest BCUT2D eigenvalue weighted by Crippen LogP contribution is 2.35. The molecule has 3 aromatic rings. The minimum atomic E-state index is -1.37. The van der Waals surface area contributed by atoms with Crippen LogP contribution in [-0.4, -0.2) is 15.6 Å². The first-order chi connectivity index (χ1) is 13.2. The fourth-order valence-electron chi connectivity index (χ4n) is 3.37. The van der Waals surface area contributed by atoms with Gasteiger partial charge in [-0.2, -0.15) is 5.10 Å². The number of aryl methyl sites for hydroxylation is 1. The zero-order chi connectivity index (χ0) is 20.5. The Morgan fingerprint density at radius 2 is 1.75 bits per heavy atom. The molecule has 1 heterocycles. The molecular weight excluding hydrogens is 353 g/mol. The number of nitrogens with zero attached hydrogens (tertiary/aromatic N) is 2. The van der Waals surface area contributed by atoms with Crippen LogP contribution in [0.1, 0.15) is 37.7 Å². The zero-order valence-electron chi connectivity index (χ0n) is 17.0. The van der Waals surface area contributed by atoms with Crippen LogP contribution >= 0.6 is 0 Å². The highest BCUT2D eigenvalue weighted by molar-refractivity contribution is 5.84. The summed E-state index contributed by atoms with van der Waals surface area (Å²) in [5.41, 5.74) is 4.96. The van der Waals surface area contributed by atoms with Crippen molar-refractivity contribution >= 4 is 17.2 Å². The van der Waals surface area contributed by atoms with E-state index < -0.39 is 5.67 Å². The molecule has 0 saturated carbocycles. The molecule has 0 aliphatic carbocycles. The summed E-state index contributed by atoms with van der Waals surface area (Å²) < 4.78 is 15.8. The Balaban J connectivity index is 1.97. The van der Waals surface area contributed by atoms with Crippen molar-refractivity contribution in [2.75, 3.05) is 5.32 Å².